The topological polar surface area (TPSA) is 96.8 Å². The Morgan fingerprint density at radius 2 is 1.92 bits per heavy atom. The maximum absolute atomic E-state index is 13.8. The summed E-state index contributed by atoms with van der Waals surface area (Å²) in [4.78, 5) is 42.9. The lowest BCUT2D eigenvalue weighted by Crippen LogP contribution is -2.39. The maximum Gasteiger partial charge on any atom is 0.328 e. The van der Waals surface area contributed by atoms with E-state index in [-0.39, 0.29) is 23.5 Å². The summed E-state index contributed by atoms with van der Waals surface area (Å²) in [7, 11) is 0. The van der Waals surface area contributed by atoms with Crippen LogP contribution in [0.3, 0.4) is 0 Å². The molecule has 0 aliphatic carbocycles. The fourth-order valence-electron chi connectivity index (χ4n) is 2.23. The first-order valence-corrected chi connectivity index (χ1v) is 7.34. The molecule has 126 valence electrons. The van der Waals surface area contributed by atoms with Gasteiger partial charge >= 0.3 is 5.69 Å². The number of benzene rings is 1. The molecule has 2 aromatic heterocycles. The number of carbonyl (C=O) groups excluding carboxylic acids is 1. The van der Waals surface area contributed by atoms with Crippen LogP contribution >= 0.6 is 0 Å². The smallest absolute Gasteiger partial charge is 0.313 e. The number of pyridine rings is 1. The van der Waals surface area contributed by atoms with Gasteiger partial charge in [-0.05, 0) is 18.2 Å². The molecular formula is C17H13FN4O3. The lowest BCUT2D eigenvalue weighted by Gasteiger charge is -2.08. The number of nitrogens with zero attached hydrogens (tertiary/aromatic N) is 2. The average Bonchev–Trinajstić information content (AvgIpc) is 2.61. The van der Waals surface area contributed by atoms with Gasteiger partial charge in [0.25, 0.3) is 11.5 Å². The molecule has 0 fully saturated rings. The molecule has 0 atom stereocenters. The van der Waals surface area contributed by atoms with Crippen molar-refractivity contribution in [1.82, 2.24) is 14.5 Å². The summed E-state index contributed by atoms with van der Waals surface area (Å²) in [6.07, 6.45) is 2.51. The number of anilines is 1. The summed E-state index contributed by atoms with van der Waals surface area (Å²) in [5.41, 5.74) is -1.66. The van der Waals surface area contributed by atoms with Crippen molar-refractivity contribution in [3.8, 4) is 0 Å². The first kappa shape index (κ1) is 16.3. The van der Waals surface area contributed by atoms with Crippen LogP contribution in [0, 0.1) is 5.82 Å². The number of hydrogen-bond acceptors (Lipinski definition) is 4. The Hall–Kier alpha value is -3.55. The molecule has 0 saturated carbocycles. The van der Waals surface area contributed by atoms with Crippen molar-refractivity contribution in [1.29, 1.82) is 0 Å². The average molecular weight is 340 g/mol. The second-order valence-electron chi connectivity index (χ2n) is 5.16. The van der Waals surface area contributed by atoms with Crippen molar-refractivity contribution in [2.45, 2.75) is 6.54 Å². The van der Waals surface area contributed by atoms with Crippen molar-refractivity contribution in [3.63, 3.8) is 0 Å². The quantitative estimate of drug-likeness (QED) is 0.750. The van der Waals surface area contributed by atoms with E-state index in [2.05, 4.69) is 15.3 Å². The minimum atomic E-state index is -0.819. The summed E-state index contributed by atoms with van der Waals surface area (Å²) in [5.74, 6) is -1.00. The number of rotatable bonds is 4. The third-order valence-electron chi connectivity index (χ3n) is 3.50. The van der Waals surface area contributed by atoms with E-state index >= 15 is 0 Å². The Bertz CT molecular complexity index is 1030. The molecule has 8 heteroatoms. The standard InChI is InChI=1S/C17H13FN4O3/c18-13-6-2-1-5-11(13)10-22-16(24)12(9-20-17(22)25)15(23)21-14-7-3-4-8-19-14/h1-9H,10H2,(H,20,25)(H,19,21,23). The molecule has 1 aromatic carbocycles. The van der Waals surface area contributed by atoms with Gasteiger partial charge in [-0.2, -0.15) is 0 Å². The van der Waals surface area contributed by atoms with Crippen molar-refractivity contribution >= 4 is 11.7 Å². The number of amides is 1. The molecule has 3 aromatic rings. The monoisotopic (exact) mass is 340 g/mol. The number of carbonyl (C=O) groups is 1. The molecule has 0 saturated heterocycles. The van der Waals surface area contributed by atoms with Crippen LogP contribution < -0.4 is 16.6 Å². The van der Waals surface area contributed by atoms with Crippen LogP contribution in [0.25, 0.3) is 0 Å². The largest absolute Gasteiger partial charge is 0.328 e. The van der Waals surface area contributed by atoms with E-state index in [9.17, 15) is 18.8 Å². The van der Waals surface area contributed by atoms with Crippen LogP contribution in [-0.4, -0.2) is 20.4 Å². The molecule has 0 spiro atoms. The first-order chi connectivity index (χ1) is 12.1. The van der Waals surface area contributed by atoms with Gasteiger partial charge in [0.2, 0.25) is 0 Å². The second-order valence-corrected chi connectivity index (χ2v) is 5.16. The third kappa shape index (κ3) is 3.52. The molecule has 0 aliphatic heterocycles. The van der Waals surface area contributed by atoms with Crippen molar-refractivity contribution in [3.05, 3.63) is 92.6 Å². The van der Waals surface area contributed by atoms with Gasteiger partial charge in [-0.25, -0.2) is 14.2 Å². The summed E-state index contributed by atoms with van der Waals surface area (Å²) in [6.45, 7) is -0.286. The van der Waals surface area contributed by atoms with Crippen LogP contribution in [0.4, 0.5) is 10.2 Å². The van der Waals surface area contributed by atoms with Crippen LogP contribution in [0.15, 0.2) is 64.4 Å². The van der Waals surface area contributed by atoms with Gasteiger partial charge < -0.3 is 10.3 Å². The van der Waals surface area contributed by atoms with E-state index in [0.29, 0.717) is 0 Å². The Morgan fingerprint density at radius 1 is 1.16 bits per heavy atom. The lowest BCUT2D eigenvalue weighted by molar-refractivity contribution is 0.102. The summed E-state index contributed by atoms with van der Waals surface area (Å²) >= 11 is 0. The number of aromatic nitrogens is 3. The molecular weight excluding hydrogens is 327 g/mol. The summed E-state index contributed by atoms with van der Waals surface area (Å²) < 4.78 is 14.5. The van der Waals surface area contributed by atoms with E-state index in [4.69, 9.17) is 0 Å². The van der Waals surface area contributed by atoms with Crippen LogP contribution in [-0.2, 0) is 6.54 Å². The number of aromatic amines is 1. The minimum absolute atomic E-state index is 0.164. The molecule has 0 aliphatic rings. The molecule has 2 N–H and O–H groups in total. The number of halogens is 1. The molecule has 25 heavy (non-hydrogen) atoms. The highest BCUT2D eigenvalue weighted by Crippen LogP contribution is 2.07. The molecule has 3 rings (SSSR count). The highest BCUT2D eigenvalue weighted by molar-refractivity contribution is 6.03. The first-order valence-electron chi connectivity index (χ1n) is 7.34. The number of H-pyrrole nitrogens is 1. The molecule has 7 nitrogen and oxygen atoms in total. The number of nitrogens with one attached hydrogen (secondary N) is 2. The fraction of sp³-hybridized carbons (Fsp3) is 0.0588. The van der Waals surface area contributed by atoms with E-state index in [1.54, 1.807) is 24.3 Å². The Balaban J connectivity index is 1.95. The van der Waals surface area contributed by atoms with Gasteiger partial charge in [-0.1, -0.05) is 24.3 Å². The Kier molecular flexibility index (Phi) is 4.51. The SMILES string of the molecule is O=C(Nc1ccccn1)c1c[nH]c(=O)n(Cc2ccccc2F)c1=O. The fourth-order valence-corrected chi connectivity index (χ4v) is 2.23. The molecule has 2 heterocycles. The third-order valence-corrected chi connectivity index (χ3v) is 3.50. The number of hydrogen-bond donors (Lipinski definition) is 2. The van der Waals surface area contributed by atoms with E-state index in [1.165, 1.54) is 24.4 Å². The van der Waals surface area contributed by atoms with Gasteiger partial charge in [-0.15, -0.1) is 0 Å². The van der Waals surface area contributed by atoms with Crippen LogP contribution in [0.1, 0.15) is 15.9 Å². The zero-order valence-electron chi connectivity index (χ0n) is 12.9. The second kappa shape index (κ2) is 6.91. The predicted octanol–water partition coefficient (Wildman–Crippen LogP) is 1.37. The van der Waals surface area contributed by atoms with E-state index < -0.39 is 23.0 Å². The highest BCUT2D eigenvalue weighted by Gasteiger charge is 2.16. The summed E-state index contributed by atoms with van der Waals surface area (Å²) in [5, 5.41) is 2.46. The van der Waals surface area contributed by atoms with Crippen LogP contribution in [0.2, 0.25) is 0 Å². The Morgan fingerprint density at radius 3 is 2.64 bits per heavy atom. The Labute approximate surface area is 140 Å². The normalized spacial score (nSPS) is 10.4. The van der Waals surface area contributed by atoms with Gasteiger partial charge in [0.05, 0.1) is 6.54 Å². The molecule has 0 radical (unpaired) electrons. The molecule has 0 bridgehead atoms. The van der Waals surface area contributed by atoms with Gasteiger partial charge in [0, 0.05) is 18.0 Å². The zero-order valence-corrected chi connectivity index (χ0v) is 12.9. The van der Waals surface area contributed by atoms with E-state index in [1.807, 2.05) is 0 Å². The van der Waals surface area contributed by atoms with E-state index in [0.717, 1.165) is 10.8 Å². The lowest BCUT2D eigenvalue weighted by atomic mass is 10.2. The van der Waals surface area contributed by atoms with Crippen LogP contribution in [0.5, 0.6) is 0 Å². The minimum Gasteiger partial charge on any atom is -0.313 e. The molecule has 0 unspecified atom stereocenters. The zero-order chi connectivity index (χ0) is 17.8. The maximum atomic E-state index is 13.8. The van der Waals surface area contributed by atoms with Crippen molar-refractivity contribution in [2.75, 3.05) is 5.32 Å². The van der Waals surface area contributed by atoms with Gasteiger partial charge in [-0.3, -0.25) is 14.2 Å². The predicted molar refractivity (Wildman–Crippen MR) is 89.0 cm³/mol. The van der Waals surface area contributed by atoms with Gasteiger partial charge in [0.1, 0.15) is 17.2 Å². The van der Waals surface area contributed by atoms with Gasteiger partial charge in [0.15, 0.2) is 0 Å². The highest BCUT2D eigenvalue weighted by atomic mass is 19.1. The van der Waals surface area contributed by atoms with Crippen molar-refractivity contribution < 1.29 is 9.18 Å². The molecule has 1 amide bonds. The van der Waals surface area contributed by atoms with Crippen molar-refractivity contribution in [2.24, 2.45) is 0 Å². The summed E-state index contributed by atoms with van der Waals surface area (Å²) in [6, 6.07) is 10.7.